The minimum atomic E-state index is -0.447. The Bertz CT molecular complexity index is 361. The van der Waals surface area contributed by atoms with E-state index in [1.165, 1.54) is 12.8 Å². The number of nitrogens with two attached hydrogens (primary N) is 1. The first-order valence-electron chi connectivity index (χ1n) is 6.11. The predicted octanol–water partition coefficient (Wildman–Crippen LogP) is 2.56. The van der Waals surface area contributed by atoms with Gasteiger partial charge in [-0.15, -0.1) is 0 Å². The van der Waals surface area contributed by atoms with Gasteiger partial charge in [-0.2, -0.15) is 0 Å². The summed E-state index contributed by atoms with van der Waals surface area (Å²) in [6.07, 6.45) is 5.15. The lowest BCUT2D eigenvalue weighted by Gasteiger charge is -2.02. The van der Waals surface area contributed by atoms with Crippen LogP contribution in [0.25, 0.3) is 0 Å². The molecule has 0 atom stereocenters. The van der Waals surface area contributed by atoms with Crippen molar-refractivity contribution in [3.8, 4) is 0 Å². The number of nitrogens with zero attached hydrogens (tertiary/aromatic N) is 1. The molecule has 1 aromatic rings. The summed E-state index contributed by atoms with van der Waals surface area (Å²) in [6, 6.07) is 0. The van der Waals surface area contributed by atoms with Gasteiger partial charge in [0.2, 0.25) is 5.88 Å². The van der Waals surface area contributed by atoms with E-state index in [-0.39, 0.29) is 5.88 Å². The largest absolute Gasteiger partial charge is 0.462 e. The second-order valence-corrected chi connectivity index (χ2v) is 3.90. The SMILES string of the molecule is CCCCCCc1noc(N)c1C(=O)OCC. The Morgan fingerprint density at radius 2 is 2.12 bits per heavy atom. The van der Waals surface area contributed by atoms with Crippen LogP contribution in [0.4, 0.5) is 5.88 Å². The third-order valence-corrected chi connectivity index (χ3v) is 2.54. The van der Waals surface area contributed by atoms with E-state index >= 15 is 0 Å². The number of aryl methyl sites for hydroxylation is 1. The highest BCUT2D eigenvalue weighted by Crippen LogP contribution is 2.19. The molecule has 5 nitrogen and oxygen atoms in total. The highest BCUT2D eigenvalue weighted by atomic mass is 16.5. The first kappa shape index (κ1) is 13.5. The fourth-order valence-electron chi connectivity index (χ4n) is 1.65. The highest BCUT2D eigenvalue weighted by molar-refractivity contribution is 5.94. The van der Waals surface area contributed by atoms with Gasteiger partial charge < -0.3 is 15.0 Å². The molecular formula is C12H20N2O3. The molecule has 0 aromatic carbocycles. The zero-order valence-electron chi connectivity index (χ0n) is 10.5. The molecule has 17 heavy (non-hydrogen) atoms. The Morgan fingerprint density at radius 3 is 2.76 bits per heavy atom. The van der Waals surface area contributed by atoms with Crippen LogP contribution in [0.15, 0.2) is 4.52 Å². The van der Waals surface area contributed by atoms with Crippen molar-refractivity contribution in [1.82, 2.24) is 5.16 Å². The Labute approximate surface area is 101 Å². The molecule has 0 bridgehead atoms. The summed E-state index contributed by atoms with van der Waals surface area (Å²) >= 11 is 0. The zero-order chi connectivity index (χ0) is 12.7. The van der Waals surface area contributed by atoms with Gasteiger partial charge in [-0.1, -0.05) is 31.3 Å². The molecule has 0 spiro atoms. The van der Waals surface area contributed by atoms with Gasteiger partial charge in [-0.25, -0.2) is 4.79 Å². The molecule has 0 fully saturated rings. The average molecular weight is 240 g/mol. The molecule has 0 radical (unpaired) electrons. The molecule has 0 aliphatic heterocycles. The fraction of sp³-hybridized carbons (Fsp3) is 0.667. The molecule has 0 saturated heterocycles. The minimum Gasteiger partial charge on any atom is -0.462 e. The Morgan fingerprint density at radius 1 is 1.35 bits per heavy atom. The third kappa shape index (κ3) is 3.76. The Balaban J connectivity index is 2.62. The van der Waals surface area contributed by atoms with Crippen LogP contribution in [0.5, 0.6) is 0 Å². The lowest BCUT2D eigenvalue weighted by atomic mass is 10.1. The molecule has 0 amide bonds. The van der Waals surface area contributed by atoms with Crippen molar-refractivity contribution < 1.29 is 14.1 Å². The number of unbranched alkanes of at least 4 members (excludes halogenated alkanes) is 3. The number of esters is 1. The van der Waals surface area contributed by atoms with Crippen LogP contribution in [0.2, 0.25) is 0 Å². The monoisotopic (exact) mass is 240 g/mol. The Hall–Kier alpha value is -1.52. The van der Waals surface area contributed by atoms with Gasteiger partial charge in [0.15, 0.2) is 0 Å². The van der Waals surface area contributed by atoms with Crippen molar-refractivity contribution in [3.63, 3.8) is 0 Å². The van der Waals surface area contributed by atoms with Crippen molar-refractivity contribution in [2.75, 3.05) is 12.3 Å². The van der Waals surface area contributed by atoms with E-state index in [0.717, 1.165) is 12.8 Å². The summed E-state index contributed by atoms with van der Waals surface area (Å²) < 4.78 is 9.76. The topological polar surface area (TPSA) is 78.4 Å². The van der Waals surface area contributed by atoms with E-state index in [1.54, 1.807) is 6.92 Å². The van der Waals surface area contributed by atoms with Gasteiger partial charge in [0.25, 0.3) is 0 Å². The summed E-state index contributed by atoms with van der Waals surface area (Å²) in [4.78, 5) is 11.6. The van der Waals surface area contributed by atoms with E-state index in [0.29, 0.717) is 24.3 Å². The van der Waals surface area contributed by atoms with Gasteiger partial charge in [0, 0.05) is 0 Å². The van der Waals surface area contributed by atoms with Crippen molar-refractivity contribution in [2.45, 2.75) is 46.0 Å². The molecule has 0 aliphatic carbocycles. The van der Waals surface area contributed by atoms with Crippen LogP contribution >= 0.6 is 0 Å². The van der Waals surface area contributed by atoms with E-state index in [9.17, 15) is 4.79 Å². The third-order valence-electron chi connectivity index (χ3n) is 2.54. The average Bonchev–Trinajstić information content (AvgIpc) is 2.66. The van der Waals surface area contributed by atoms with Crippen molar-refractivity contribution in [2.24, 2.45) is 0 Å². The smallest absolute Gasteiger partial charge is 0.345 e. The Kier molecular flexibility index (Phi) is 5.52. The maximum Gasteiger partial charge on any atom is 0.345 e. The zero-order valence-corrected chi connectivity index (χ0v) is 10.5. The van der Waals surface area contributed by atoms with Gasteiger partial charge >= 0.3 is 5.97 Å². The summed E-state index contributed by atoms with van der Waals surface area (Å²) in [5, 5.41) is 3.82. The summed E-state index contributed by atoms with van der Waals surface area (Å²) in [5.74, 6) is -0.398. The standard InChI is InChI=1S/C12H20N2O3/c1-3-5-6-7-8-9-10(11(13)17-14-9)12(15)16-4-2/h3-8,13H2,1-2H3. The van der Waals surface area contributed by atoms with Crippen molar-refractivity contribution in [1.29, 1.82) is 0 Å². The van der Waals surface area contributed by atoms with Crippen LogP contribution in [-0.2, 0) is 11.2 Å². The first-order chi connectivity index (χ1) is 8.20. The number of ether oxygens (including phenoxy) is 1. The van der Waals surface area contributed by atoms with E-state index in [4.69, 9.17) is 15.0 Å². The first-order valence-corrected chi connectivity index (χ1v) is 6.11. The molecule has 1 aromatic heterocycles. The number of rotatable bonds is 7. The molecule has 1 heterocycles. The van der Waals surface area contributed by atoms with Gasteiger partial charge in [-0.3, -0.25) is 0 Å². The minimum absolute atomic E-state index is 0.0499. The fourth-order valence-corrected chi connectivity index (χ4v) is 1.65. The lowest BCUT2D eigenvalue weighted by Crippen LogP contribution is -2.09. The maximum atomic E-state index is 11.6. The lowest BCUT2D eigenvalue weighted by molar-refractivity contribution is 0.0526. The highest BCUT2D eigenvalue weighted by Gasteiger charge is 2.21. The van der Waals surface area contributed by atoms with Crippen LogP contribution in [0.3, 0.4) is 0 Å². The van der Waals surface area contributed by atoms with Crippen LogP contribution in [0, 0.1) is 0 Å². The molecule has 0 aliphatic rings. The van der Waals surface area contributed by atoms with Crippen LogP contribution < -0.4 is 5.73 Å². The molecule has 0 unspecified atom stereocenters. The van der Waals surface area contributed by atoms with Crippen molar-refractivity contribution >= 4 is 11.9 Å². The van der Waals surface area contributed by atoms with E-state index < -0.39 is 5.97 Å². The number of aromatic nitrogens is 1. The molecule has 0 saturated carbocycles. The van der Waals surface area contributed by atoms with E-state index in [2.05, 4.69) is 12.1 Å². The maximum absolute atomic E-state index is 11.6. The summed E-state index contributed by atoms with van der Waals surface area (Å²) in [5.41, 5.74) is 6.48. The number of carbonyl (C=O) groups is 1. The van der Waals surface area contributed by atoms with Crippen molar-refractivity contribution in [3.05, 3.63) is 11.3 Å². The van der Waals surface area contributed by atoms with Gasteiger partial charge in [0.05, 0.1) is 6.61 Å². The van der Waals surface area contributed by atoms with Gasteiger partial charge in [-0.05, 0) is 19.8 Å². The number of carbonyl (C=O) groups excluding carboxylic acids is 1. The molecule has 96 valence electrons. The molecule has 2 N–H and O–H groups in total. The second-order valence-electron chi connectivity index (χ2n) is 3.90. The number of hydrogen-bond acceptors (Lipinski definition) is 5. The van der Waals surface area contributed by atoms with E-state index in [1.807, 2.05) is 0 Å². The molecule has 5 heteroatoms. The van der Waals surface area contributed by atoms with Crippen LogP contribution in [0.1, 0.15) is 55.6 Å². The number of nitrogen functional groups attached to an aromatic ring is 1. The molecular weight excluding hydrogens is 220 g/mol. The summed E-state index contributed by atoms with van der Waals surface area (Å²) in [7, 11) is 0. The molecule has 1 rings (SSSR count). The second kappa shape index (κ2) is 6.93. The predicted molar refractivity (Wildman–Crippen MR) is 64.7 cm³/mol. The number of anilines is 1. The van der Waals surface area contributed by atoms with Crippen LogP contribution in [-0.4, -0.2) is 17.7 Å². The normalized spacial score (nSPS) is 10.5. The summed E-state index contributed by atoms with van der Waals surface area (Å²) in [6.45, 7) is 4.22. The quantitative estimate of drug-likeness (QED) is 0.585. The van der Waals surface area contributed by atoms with Gasteiger partial charge in [0.1, 0.15) is 11.3 Å². The number of hydrogen-bond donors (Lipinski definition) is 1.